The summed E-state index contributed by atoms with van der Waals surface area (Å²) >= 11 is 0. The highest BCUT2D eigenvalue weighted by Crippen LogP contribution is 2.21. The Morgan fingerprint density at radius 2 is 2.04 bits per heavy atom. The Kier molecular flexibility index (Phi) is 5.46. The molecule has 7 nitrogen and oxygen atoms in total. The third-order valence-electron chi connectivity index (χ3n) is 4.76. The van der Waals surface area contributed by atoms with E-state index < -0.39 is 21.9 Å². The van der Waals surface area contributed by atoms with Crippen molar-refractivity contribution >= 4 is 32.6 Å². The normalized spacial score (nSPS) is 19.6. The Labute approximate surface area is 158 Å². The number of carbonyl (C=O) groups excluding carboxylic acids is 2. The van der Waals surface area contributed by atoms with Crippen LogP contribution >= 0.6 is 0 Å². The molecule has 0 unspecified atom stereocenters. The summed E-state index contributed by atoms with van der Waals surface area (Å²) in [6.07, 6.45) is 0.989. The maximum Gasteiger partial charge on any atom is 0.341 e. The van der Waals surface area contributed by atoms with Crippen LogP contribution in [-0.4, -0.2) is 60.4 Å². The fourth-order valence-corrected chi connectivity index (χ4v) is 5.12. The van der Waals surface area contributed by atoms with Gasteiger partial charge in [0.05, 0.1) is 22.6 Å². The van der Waals surface area contributed by atoms with Gasteiger partial charge in [-0.1, -0.05) is 18.2 Å². The number of hydrogen-bond donors (Lipinski definition) is 0. The zero-order valence-corrected chi connectivity index (χ0v) is 16.1. The highest BCUT2D eigenvalue weighted by atomic mass is 32.2. The number of nitrogens with zero attached hydrogens (tertiary/aromatic N) is 2. The maximum atomic E-state index is 12.7. The second kappa shape index (κ2) is 7.64. The first-order valence-corrected chi connectivity index (χ1v) is 10.7. The average Bonchev–Trinajstić information content (AvgIpc) is 3.01. The molecule has 0 N–H and O–H groups in total. The molecule has 0 spiro atoms. The van der Waals surface area contributed by atoms with E-state index in [1.54, 1.807) is 31.3 Å². The second-order valence-corrected chi connectivity index (χ2v) is 8.84. The second-order valence-electron chi connectivity index (χ2n) is 6.61. The number of benzene rings is 1. The number of fused-ring (bicyclic) bond motifs is 1. The van der Waals surface area contributed by atoms with Gasteiger partial charge in [0, 0.05) is 24.2 Å². The number of amides is 1. The van der Waals surface area contributed by atoms with Crippen LogP contribution in [-0.2, 0) is 19.4 Å². The monoisotopic (exact) mass is 390 g/mol. The van der Waals surface area contributed by atoms with Gasteiger partial charge in [0.15, 0.2) is 15.9 Å². The lowest BCUT2D eigenvalue weighted by atomic mass is 10.1. The molecule has 1 aliphatic heterocycles. The average molecular weight is 390 g/mol. The summed E-state index contributed by atoms with van der Waals surface area (Å²) in [5, 5.41) is 0.803. The lowest BCUT2D eigenvalue weighted by Crippen LogP contribution is -2.46. The molecule has 1 aromatic carbocycles. The van der Waals surface area contributed by atoms with Crippen molar-refractivity contribution < 1.29 is 22.7 Å². The van der Waals surface area contributed by atoms with E-state index in [0.717, 1.165) is 5.39 Å². The predicted octanol–water partition coefficient (Wildman–Crippen LogP) is 1.82. The molecule has 0 saturated carbocycles. The van der Waals surface area contributed by atoms with Gasteiger partial charge in [0.25, 0.3) is 5.91 Å². The van der Waals surface area contributed by atoms with E-state index in [4.69, 9.17) is 4.74 Å². The van der Waals surface area contributed by atoms with Crippen LogP contribution in [0.2, 0.25) is 0 Å². The van der Waals surface area contributed by atoms with Crippen LogP contribution < -0.4 is 0 Å². The standard InChI is InChI=1S/C19H22N2O5S/c1-3-21(15-9-11-27(24,25)12-15)18(22)13(2)26-19(23)16-8-4-6-14-7-5-10-20-17(14)16/h4-8,10,13,15H,3,9,11-12H2,1-2H3/t13-,15-/m0/s1. The molecule has 27 heavy (non-hydrogen) atoms. The number of ether oxygens (including phenoxy) is 1. The molecule has 144 valence electrons. The van der Waals surface area contributed by atoms with Gasteiger partial charge < -0.3 is 9.64 Å². The van der Waals surface area contributed by atoms with Crippen molar-refractivity contribution in [3.05, 3.63) is 42.1 Å². The van der Waals surface area contributed by atoms with Gasteiger partial charge in [-0.05, 0) is 32.4 Å². The molecule has 2 atom stereocenters. The van der Waals surface area contributed by atoms with Gasteiger partial charge in [-0.3, -0.25) is 9.78 Å². The van der Waals surface area contributed by atoms with Gasteiger partial charge in [-0.15, -0.1) is 0 Å². The molecular weight excluding hydrogens is 368 g/mol. The summed E-state index contributed by atoms with van der Waals surface area (Å²) in [5.41, 5.74) is 0.804. The largest absolute Gasteiger partial charge is 0.449 e. The number of sulfone groups is 1. The first-order chi connectivity index (χ1) is 12.8. The van der Waals surface area contributed by atoms with Crippen molar-refractivity contribution in [2.24, 2.45) is 0 Å². The topological polar surface area (TPSA) is 93.6 Å². The highest BCUT2D eigenvalue weighted by Gasteiger charge is 2.36. The highest BCUT2D eigenvalue weighted by molar-refractivity contribution is 7.91. The molecule has 1 saturated heterocycles. The molecule has 0 aliphatic carbocycles. The number of likely N-dealkylation sites (N-methyl/N-ethyl adjacent to an activating group) is 1. The number of pyridine rings is 1. The van der Waals surface area contributed by atoms with Crippen molar-refractivity contribution in [2.45, 2.75) is 32.4 Å². The Hall–Kier alpha value is -2.48. The summed E-state index contributed by atoms with van der Waals surface area (Å²) in [6, 6.07) is 8.43. The molecule has 1 amide bonds. The van der Waals surface area contributed by atoms with Crippen LogP contribution in [0, 0.1) is 0 Å². The summed E-state index contributed by atoms with van der Waals surface area (Å²) in [6.45, 7) is 3.65. The quantitative estimate of drug-likeness (QED) is 0.723. The minimum Gasteiger partial charge on any atom is -0.449 e. The molecule has 2 aromatic rings. The molecule has 1 aromatic heterocycles. The predicted molar refractivity (Wildman–Crippen MR) is 101 cm³/mol. The van der Waals surface area contributed by atoms with Gasteiger partial charge >= 0.3 is 5.97 Å². The van der Waals surface area contributed by atoms with Crippen LogP contribution in [0.4, 0.5) is 0 Å². The number of aromatic nitrogens is 1. The van der Waals surface area contributed by atoms with Crippen molar-refractivity contribution in [2.75, 3.05) is 18.1 Å². The summed E-state index contributed by atoms with van der Waals surface area (Å²) in [7, 11) is -3.11. The zero-order valence-electron chi connectivity index (χ0n) is 15.3. The summed E-state index contributed by atoms with van der Waals surface area (Å²) in [4.78, 5) is 31.0. The summed E-state index contributed by atoms with van der Waals surface area (Å²) < 4.78 is 28.8. The van der Waals surface area contributed by atoms with E-state index in [9.17, 15) is 18.0 Å². The SMILES string of the molecule is CCN(C(=O)[C@H](C)OC(=O)c1cccc2cccnc12)[C@H]1CCS(=O)(=O)C1. The number of hydrogen-bond acceptors (Lipinski definition) is 6. The van der Waals surface area contributed by atoms with E-state index >= 15 is 0 Å². The third-order valence-corrected chi connectivity index (χ3v) is 6.51. The van der Waals surface area contributed by atoms with Gasteiger partial charge in [-0.2, -0.15) is 0 Å². The smallest absolute Gasteiger partial charge is 0.341 e. The molecule has 1 fully saturated rings. The van der Waals surface area contributed by atoms with Crippen LogP contribution in [0.15, 0.2) is 36.5 Å². The molecule has 3 rings (SSSR count). The molecule has 0 radical (unpaired) electrons. The third kappa shape index (κ3) is 4.10. The van der Waals surface area contributed by atoms with E-state index in [-0.39, 0.29) is 23.5 Å². The van der Waals surface area contributed by atoms with Crippen molar-refractivity contribution in [1.82, 2.24) is 9.88 Å². The fraction of sp³-hybridized carbons (Fsp3) is 0.421. The maximum absolute atomic E-state index is 12.7. The van der Waals surface area contributed by atoms with E-state index in [0.29, 0.717) is 24.0 Å². The fourth-order valence-electron chi connectivity index (χ4n) is 3.39. The van der Waals surface area contributed by atoms with Gasteiger partial charge in [0.1, 0.15) is 0 Å². The van der Waals surface area contributed by atoms with E-state index in [1.165, 1.54) is 11.8 Å². The number of esters is 1. The zero-order chi connectivity index (χ0) is 19.6. The minimum atomic E-state index is -3.11. The van der Waals surface area contributed by atoms with Gasteiger partial charge in [-0.25, -0.2) is 13.2 Å². The number of rotatable bonds is 5. The summed E-state index contributed by atoms with van der Waals surface area (Å²) in [5.74, 6) is -0.978. The van der Waals surface area contributed by atoms with Gasteiger partial charge in [0.2, 0.25) is 0 Å². The Bertz CT molecular complexity index is 968. The Balaban J connectivity index is 1.74. The van der Waals surface area contributed by atoms with Crippen molar-refractivity contribution in [1.29, 1.82) is 0 Å². The lowest BCUT2D eigenvalue weighted by Gasteiger charge is -2.29. The van der Waals surface area contributed by atoms with Crippen LogP contribution in [0.5, 0.6) is 0 Å². The Morgan fingerprint density at radius 3 is 2.70 bits per heavy atom. The van der Waals surface area contributed by atoms with Crippen LogP contribution in [0.3, 0.4) is 0 Å². The molecule has 1 aliphatic rings. The minimum absolute atomic E-state index is 0.0412. The lowest BCUT2D eigenvalue weighted by molar-refractivity contribution is -0.141. The van der Waals surface area contributed by atoms with E-state index in [2.05, 4.69) is 4.98 Å². The van der Waals surface area contributed by atoms with E-state index in [1.807, 2.05) is 12.1 Å². The first-order valence-electron chi connectivity index (χ1n) is 8.88. The molecule has 8 heteroatoms. The molecule has 2 heterocycles. The Morgan fingerprint density at radius 1 is 1.30 bits per heavy atom. The first kappa shape index (κ1) is 19.3. The number of para-hydroxylation sites is 1. The van der Waals surface area contributed by atoms with Crippen molar-refractivity contribution in [3.63, 3.8) is 0 Å². The van der Waals surface area contributed by atoms with Crippen LogP contribution in [0.1, 0.15) is 30.6 Å². The number of carbonyl (C=O) groups is 2. The van der Waals surface area contributed by atoms with Crippen molar-refractivity contribution in [3.8, 4) is 0 Å². The molecular formula is C19H22N2O5S. The molecule has 0 bridgehead atoms. The van der Waals surface area contributed by atoms with Crippen LogP contribution in [0.25, 0.3) is 10.9 Å².